The first-order valence-electron chi connectivity index (χ1n) is 3.16. The molecule has 1 atom stereocenters. The molecule has 0 aromatic rings. The minimum absolute atomic E-state index is 0.120. The Bertz CT molecular complexity index is 199. The standard InChI is InChI=1S/C5H11NO3S/c6-9-3-5-1-2-10(7,8)4-5/h5H,1-4,6H2. The van der Waals surface area contributed by atoms with Crippen molar-refractivity contribution in [1.29, 1.82) is 0 Å². The zero-order valence-electron chi connectivity index (χ0n) is 5.62. The molecule has 0 bridgehead atoms. The molecule has 1 fully saturated rings. The fourth-order valence-electron chi connectivity index (χ4n) is 1.14. The van der Waals surface area contributed by atoms with Gasteiger partial charge in [0.15, 0.2) is 9.84 Å². The maximum atomic E-state index is 10.8. The molecule has 1 unspecified atom stereocenters. The fraction of sp³-hybridized carbons (Fsp3) is 1.00. The molecule has 2 N–H and O–H groups in total. The van der Waals surface area contributed by atoms with E-state index in [1.807, 2.05) is 0 Å². The molecule has 1 rings (SSSR count). The maximum Gasteiger partial charge on any atom is 0.150 e. The molecule has 0 saturated carbocycles. The Balaban J connectivity index is 2.44. The molecule has 4 nitrogen and oxygen atoms in total. The molecule has 1 aliphatic rings. The van der Waals surface area contributed by atoms with Crippen molar-refractivity contribution >= 4 is 9.84 Å². The highest BCUT2D eigenvalue weighted by molar-refractivity contribution is 7.91. The average molecular weight is 165 g/mol. The monoisotopic (exact) mass is 165 g/mol. The summed E-state index contributed by atoms with van der Waals surface area (Å²) < 4.78 is 21.6. The van der Waals surface area contributed by atoms with E-state index >= 15 is 0 Å². The summed E-state index contributed by atoms with van der Waals surface area (Å²) >= 11 is 0. The first-order valence-corrected chi connectivity index (χ1v) is 4.98. The number of hydrogen-bond acceptors (Lipinski definition) is 4. The Morgan fingerprint density at radius 2 is 2.30 bits per heavy atom. The van der Waals surface area contributed by atoms with Crippen molar-refractivity contribution in [3.8, 4) is 0 Å². The highest BCUT2D eigenvalue weighted by atomic mass is 32.2. The van der Waals surface area contributed by atoms with Gasteiger partial charge < -0.3 is 4.84 Å². The molecule has 0 spiro atoms. The van der Waals surface area contributed by atoms with Crippen LogP contribution in [0.2, 0.25) is 0 Å². The van der Waals surface area contributed by atoms with E-state index in [0.717, 1.165) is 0 Å². The Morgan fingerprint density at radius 1 is 1.60 bits per heavy atom. The second kappa shape index (κ2) is 2.86. The van der Waals surface area contributed by atoms with Crippen LogP contribution in [-0.4, -0.2) is 26.5 Å². The van der Waals surface area contributed by atoms with Crippen LogP contribution in [0.15, 0.2) is 0 Å². The quantitative estimate of drug-likeness (QED) is 0.550. The van der Waals surface area contributed by atoms with E-state index in [9.17, 15) is 8.42 Å². The number of hydrogen-bond donors (Lipinski definition) is 1. The fourth-order valence-corrected chi connectivity index (χ4v) is 2.98. The number of nitrogens with two attached hydrogens (primary N) is 1. The summed E-state index contributed by atoms with van der Waals surface area (Å²) in [7, 11) is -2.75. The van der Waals surface area contributed by atoms with Gasteiger partial charge in [-0.3, -0.25) is 0 Å². The summed E-state index contributed by atoms with van der Waals surface area (Å²) in [4.78, 5) is 4.35. The van der Waals surface area contributed by atoms with Crippen molar-refractivity contribution in [3.63, 3.8) is 0 Å². The van der Waals surface area contributed by atoms with E-state index < -0.39 is 9.84 Å². The Hall–Kier alpha value is -0.130. The van der Waals surface area contributed by atoms with E-state index in [1.165, 1.54) is 0 Å². The normalized spacial score (nSPS) is 30.7. The summed E-state index contributed by atoms with van der Waals surface area (Å²) in [5.74, 6) is 5.46. The Labute approximate surface area is 60.2 Å². The van der Waals surface area contributed by atoms with Gasteiger partial charge in [0.25, 0.3) is 0 Å². The minimum atomic E-state index is -2.75. The third-order valence-electron chi connectivity index (χ3n) is 1.66. The van der Waals surface area contributed by atoms with Gasteiger partial charge in [-0.2, -0.15) is 0 Å². The van der Waals surface area contributed by atoms with Gasteiger partial charge in [0.2, 0.25) is 0 Å². The van der Waals surface area contributed by atoms with E-state index in [2.05, 4.69) is 4.84 Å². The van der Waals surface area contributed by atoms with Gasteiger partial charge in [0.05, 0.1) is 18.1 Å². The number of sulfone groups is 1. The van der Waals surface area contributed by atoms with Crippen LogP contribution in [0.3, 0.4) is 0 Å². The molecule has 5 heteroatoms. The lowest BCUT2D eigenvalue weighted by atomic mass is 10.1. The van der Waals surface area contributed by atoms with Gasteiger partial charge in [-0.05, 0) is 12.3 Å². The van der Waals surface area contributed by atoms with Gasteiger partial charge in [0.1, 0.15) is 0 Å². The Morgan fingerprint density at radius 3 is 2.70 bits per heavy atom. The summed E-state index contributed by atoms with van der Waals surface area (Å²) in [6, 6.07) is 0. The van der Waals surface area contributed by atoms with E-state index in [4.69, 9.17) is 5.90 Å². The number of rotatable bonds is 2. The predicted molar refractivity (Wildman–Crippen MR) is 36.9 cm³/mol. The van der Waals surface area contributed by atoms with Crippen molar-refractivity contribution in [2.24, 2.45) is 11.8 Å². The third-order valence-corrected chi connectivity index (χ3v) is 3.50. The maximum absolute atomic E-state index is 10.8. The van der Waals surface area contributed by atoms with Crippen LogP contribution >= 0.6 is 0 Å². The largest absolute Gasteiger partial charge is 0.304 e. The van der Waals surface area contributed by atoms with Crippen molar-refractivity contribution in [1.82, 2.24) is 0 Å². The van der Waals surface area contributed by atoms with Crippen molar-refractivity contribution in [2.45, 2.75) is 6.42 Å². The van der Waals surface area contributed by atoms with E-state index in [1.54, 1.807) is 0 Å². The molecule has 60 valence electrons. The molecule has 0 aromatic heterocycles. The molecule has 0 aliphatic carbocycles. The summed E-state index contributed by atoms with van der Waals surface area (Å²) in [6.45, 7) is 0.360. The first kappa shape index (κ1) is 7.97. The lowest BCUT2D eigenvalue weighted by Crippen LogP contribution is -2.14. The topological polar surface area (TPSA) is 69.4 Å². The van der Waals surface area contributed by atoms with Gasteiger partial charge in [0, 0.05) is 0 Å². The van der Waals surface area contributed by atoms with Gasteiger partial charge in [-0.25, -0.2) is 14.3 Å². The Kier molecular flexibility index (Phi) is 2.28. The molecular weight excluding hydrogens is 154 g/mol. The smallest absolute Gasteiger partial charge is 0.150 e. The molecule has 1 aliphatic heterocycles. The lowest BCUT2D eigenvalue weighted by molar-refractivity contribution is 0.109. The van der Waals surface area contributed by atoms with Gasteiger partial charge >= 0.3 is 0 Å². The zero-order valence-corrected chi connectivity index (χ0v) is 6.43. The van der Waals surface area contributed by atoms with Gasteiger partial charge in [-0.1, -0.05) is 0 Å². The van der Waals surface area contributed by atoms with E-state index in [0.29, 0.717) is 18.8 Å². The first-order chi connectivity index (χ1) is 4.64. The highest BCUT2D eigenvalue weighted by Gasteiger charge is 2.27. The second-order valence-electron chi connectivity index (χ2n) is 2.60. The van der Waals surface area contributed by atoms with Crippen LogP contribution in [0, 0.1) is 5.92 Å². The summed E-state index contributed by atoms with van der Waals surface area (Å²) in [5, 5.41) is 0. The van der Waals surface area contributed by atoms with Crippen LogP contribution in [0.5, 0.6) is 0 Å². The predicted octanol–water partition coefficient (Wildman–Crippen LogP) is -0.689. The molecule has 0 aromatic carbocycles. The minimum Gasteiger partial charge on any atom is -0.304 e. The third kappa shape index (κ3) is 1.93. The van der Waals surface area contributed by atoms with Crippen LogP contribution in [0.25, 0.3) is 0 Å². The molecule has 0 amide bonds. The zero-order chi connectivity index (χ0) is 7.61. The molecule has 10 heavy (non-hydrogen) atoms. The molecule has 0 radical (unpaired) electrons. The van der Waals surface area contributed by atoms with E-state index in [-0.39, 0.29) is 11.7 Å². The SMILES string of the molecule is NOCC1CCS(=O)(=O)C1. The highest BCUT2D eigenvalue weighted by Crippen LogP contribution is 2.17. The van der Waals surface area contributed by atoms with Crippen LogP contribution in [0.1, 0.15) is 6.42 Å². The lowest BCUT2D eigenvalue weighted by Gasteiger charge is -2.02. The average Bonchev–Trinajstić information content (AvgIpc) is 2.12. The second-order valence-corrected chi connectivity index (χ2v) is 4.83. The van der Waals surface area contributed by atoms with Crippen molar-refractivity contribution in [2.75, 3.05) is 18.1 Å². The van der Waals surface area contributed by atoms with Crippen LogP contribution in [-0.2, 0) is 14.7 Å². The van der Waals surface area contributed by atoms with Crippen molar-refractivity contribution in [3.05, 3.63) is 0 Å². The molecule has 1 saturated heterocycles. The van der Waals surface area contributed by atoms with Crippen LogP contribution < -0.4 is 5.90 Å². The van der Waals surface area contributed by atoms with Gasteiger partial charge in [-0.15, -0.1) is 0 Å². The van der Waals surface area contributed by atoms with Crippen LogP contribution in [0.4, 0.5) is 0 Å². The van der Waals surface area contributed by atoms with Crippen molar-refractivity contribution < 1.29 is 13.3 Å². The summed E-state index contributed by atoms with van der Waals surface area (Å²) in [6.07, 6.45) is 0.694. The summed E-state index contributed by atoms with van der Waals surface area (Å²) in [5.41, 5.74) is 0. The molecule has 1 heterocycles. The molecular formula is C5H11NO3S.